The second kappa shape index (κ2) is 7.16. The van der Waals surface area contributed by atoms with Crippen molar-refractivity contribution in [1.82, 2.24) is 0 Å². The van der Waals surface area contributed by atoms with Gasteiger partial charge < -0.3 is 0 Å². The van der Waals surface area contributed by atoms with E-state index < -0.39 is 0 Å². The Kier molecular flexibility index (Phi) is 6.85. The molecule has 70 valence electrons. The van der Waals surface area contributed by atoms with Crippen molar-refractivity contribution in [3.8, 4) is 6.07 Å². The molecular weight excluding hydrogens is 146 g/mol. The fourth-order valence-electron chi connectivity index (χ4n) is 1.53. The van der Waals surface area contributed by atoms with E-state index in [4.69, 9.17) is 5.26 Å². The van der Waals surface area contributed by atoms with Crippen LogP contribution in [0.2, 0.25) is 0 Å². The molecule has 1 heteroatoms. The van der Waals surface area contributed by atoms with Gasteiger partial charge in [0.25, 0.3) is 0 Å². The van der Waals surface area contributed by atoms with Gasteiger partial charge in [-0.2, -0.15) is 5.26 Å². The van der Waals surface area contributed by atoms with Crippen molar-refractivity contribution in [2.75, 3.05) is 0 Å². The summed E-state index contributed by atoms with van der Waals surface area (Å²) in [6.45, 7) is 6.47. The lowest BCUT2D eigenvalue weighted by molar-refractivity contribution is 0.387. The first-order valence-electron chi connectivity index (χ1n) is 5.14. The van der Waals surface area contributed by atoms with E-state index >= 15 is 0 Å². The van der Waals surface area contributed by atoms with Gasteiger partial charge in [-0.1, -0.05) is 39.5 Å². The molecule has 0 saturated carbocycles. The zero-order valence-electron chi connectivity index (χ0n) is 8.64. The molecule has 0 saturated heterocycles. The number of hydrogen-bond acceptors (Lipinski definition) is 1. The van der Waals surface area contributed by atoms with Crippen LogP contribution in [0.1, 0.15) is 52.9 Å². The molecule has 0 aliphatic rings. The second-order valence-electron chi connectivity index (χ2n) is 3.68. The molecule has 0 aromatic carbocycles. The monoisotopic (exact) mass is 167 g/mol. The SMILES string of the molecule is CCCCC(CC)C[C@H](C)C#N. The van der Waals surface area contributed by atoms with Gasteiger partial charge in [-0.05, 0) is 19.3 Å². The molecule has 0 rings (SSSR count). The minimum Gasteiger partial charge on any atom is -0.198 e. The summed E-state index contributed by atoms with van der Waals surface area (Å²) in [6, 6.07) is 2.31. The van der Waals surface area contributed by atoms with E-state index in [2.05, 4.69) is 19.9 Å². The first-order chi connectivity index (χ1) is 5.74. The quantitative estimate of drug-likeness (QED) is 0.591. The van der Waals surface area contributed by atoms with Gasteiger partial charge in [0.1, 0.15) is 0 Å². The van der Waals surface area contributed by atoms with Crippen molar-refractivity contribution in [2.45, 2.75) is 52.9 Å². The Morgan fingerprint density at radius 3 is 2.42 bits per heavy atom. The summed E-state index contributed by atoms with van der Waals surface area (Å²) in [7, 11) is 0. The van der Waals surface area contributed by atoms with E-state index in [-0.39, 0.29) is 5.92 Å². The molecule has 1 nitrogen and oxygen atoms in total. The summed E-state index contributed by atoms with van der Waals surface area (Å²) in [6.07, 6.45) is 6.21. The van der Waals surface area contributed by atoms with Crippen LogP contribution in [0.15, 0.2) is 0 Å². The van der Waals surface area contributed by atoms with Gasteiger partial charge in [-0.25, -0.2) is 0 Å². The van der Waals surface area contributed by atoms with Crippen LogP contribution < -0.4 is 0 Å². The van der Waals surface area contributed by atoms with Crippen LogP contribution in [0, 0.1) is 23.2 Å². The molecule has 0 bridgehead atoms. The molecule has 0 heterocycles. The van der Waals surface area contributed by atoms with Crippen LogP contribution in [0.25, 0.3) is 0 Å². The first-order valence-corrected chi connectivity index (χ1v) is 5.14. The molecule has 0 aromatic heterocycles. The summed E-state index contributed by atoms with van der Waals surface area (Å²) in [5.41, 5.74) is 0. The smallest absolute Gasteiger partial charge is 0.0652 e. The van der Waals surface area contributed by atoms with E-state index in [1.807, 2.05) is 6.92 Å². The van der Waals surface area contributed by atoms with E-state index in [0.29, 0.717) is 0 Å². The van der Waals surface area contributed by atoms with Crippen LogP contribution in [0.4, 0.5) is 0 Å². The Bertz CT molecular complexity index is 134. The third-order valence-corrected chi connectivity index (χ3v) is 2.45. The summed E-state index contributed by atoms with van der Waals surface area (Å²) >= 11 is 0. The van der Waals surface area contributed by atoms with Crippen LogP contribution in [0.5, 0.6) is 0 Å². The molecule has 0 spiro atoms. The van der Waals surface area contributed by atoms with E-state index in [9.17, 15) is 0 Å². The Balaban J connectivity index is 3.60. The van der Waals surface area contributed by atoms with E-state index in [1.165, 1.54) is 25.7 Å². The minimum atomic E-state index is 0.242. The highest BCUT2D eigenvalue weighted by atomic mass is 14.3. The average molecular weight is 167 g/mol. The summed E-state index contributed by atoms with van der Waals surface area (Å²) in [5, 5.41) is 8.65. The van der Waals surface area contributed by atoms with Crippen molar-refractivity contribution >= 4 is 0 Å². The standard InChI is InChI=1S/C11H21N/c1-4-6-7-11(5-2)8-10(3)9-12/h10-11H,4-8H2,1-3H3/t10-,11?/m0/s1. The maximum absolute atomic E-state index is 8.65. The molecular formula is C11H21N. The van der Waals surface area contributed by atoms with Crippen molar-refractivity contribution in [1.29, 1.82) is 5.26 Å². The van der Waals surface area contributed by atoms with Gasteiger partial charge in [-0.3, -0.25) is 0 Å². The molecule has 0 N–H and O–H groups in total. The average Bonchev–Trinajstić information content (AvgIpc) is 2.11. The zero-order valence-corrected chi connectivity index (χ0v) is 8.64. The van der Waals surface area contributed by atoms with Gasteiger partial charge in [0, 0.05) is 5.92 Å². The zero-order chi connectivity index (χ0) is 9.40. The van der Waals surface area contributed by atoms with Crippen molar-refractivity contribution in [3.05, 3.63) is 0 Å². The fraction of sp³-hybridized carbons (Fsp3) is 0.909. The molecule has 1 unspecified atom stereocenters. The van der Waals surface area contributed by atoms with Gasteiger partial charge in [0.15, 0.2) is 0 Å². The van der Waals surface area contributed by atoms with E-state index in [1.54, 1.807) is 0 Å². The summed E-state index contributed by atoms with van der Waals surface area (Å²) in [4.78, 5) is 0. The molecule has 0 aromatic rings. The highest BCUT2D eigenvalue weighted by Crippen LogP contribution is 2.20. The topological polar surface area (TPSA) is 23.8 Å². The minimum absolute atomic E-state index is 0.242. The van der Waals surface area contributed by atoms with Crippen molar-refractivity contribution in [3.63, 3.8) is 0 Å². The number of hydrogen-bond donors (Lipinski definition) is 0. The fourth-order valence-corrected chi connectivity index (χ4v) is 1.53. The van der Waals surface area contributed by atoms with Gasteiger partial charge in [0.05, 0.1) is 6.07 Å². The van der Waals surface area contributed by atoms with Crippen LogP contribution >= 0.6 is 0 Å². The molecule has 0 aliphatic heterocycles. The molecule has 0 amide bonds. The maximum atomic E-state index is 8.65. The molecule has 0 aliphatic carbocycles. The third-order valence-electron chi connectivity index (χ3n) is 2.45. The largest absolute Gasteiger partial charge is 0.198 e. The molecule has 0 radical (unpaired) electrons. The highest BCUT2D eigenvalue weighted by molar-refractivity contribution is 4.80. The second-order valence-corrected chi connectivity index (χ2v) is 3.68. The third kappa shape index (κ3) is 5.18. The van der Waals surface area contributed by atoms with Crippen molar-refractivity contribution < 1.29 is 0 Å². The Hall–Kier alpha value is -0.510. The molecule has 0 fully saturated rings. The molecule has 2 atom stereocenters. The number of nitriles is 1. The lowest BCUT2D eigenvalue weighted by Crippen LogP contribution is -2.04. The first kappa shape index (κ1) is 11.5. The number of rotatable bonds is 6. The molecule has 12 heavy (non-hydrogen) atoms. The highest BCUT2D eigenvalue weighted by Gasteiger charge is 2.09. The maximum Gasteiger partial charge on any atom is 0.0652 e. The summed E-state index contributed by atoms with van der Waals surface area (Å²) in [5.74, 6) is 1.02. The summed E-state index contributed by atoms with van der Waals surface area (Å²) < 4.78 is 0. The van der Waals surface area contributed by atoms with Crippen LogP contribution in [-0.4, -0.2) is 0 Å². The number of nitrogens with zero attached hydrogens (tertiary/aromatic N) is 1. The number of unbranched alkanes of at least 4 members (excludes halogenated alkanes) is 1. The van der Waals surface area contributed by atoms with Crippen molar-refractivity contribution in [2.24, 2.45) is 11.8 Å². The normalized spacial score (nSPS) is 15.2. The Morgan fingerprint density at radius 1 is 1.33 bits per heavy atom. The Morgan fingerprint density at radius 2 is 2.00 bits per heavy atom. The Labute approximate surface area is 76.8 Å². The predicted molar refractivity (Wildman–Crippen MR) is 52.7 cm³/mol. The lowest BCUT2D eigenvalue weighted by Gasteiger charge is -2.14. The predicted octanol–water partition coefficient (Wildman–Crippen LogP) is 3.75. The van der Waals surface area contributed by atoms with Gasteiger partial charge in [-0.15, -0.1) is 0 Å². The van der Waals surface area contributed by atoms with Crippen LogP contribution in [-0.2, 0) is 0 Å². The van der Waals surface area contributed by atoms with E-state index in [0.717, 1.165) is 12.3 Å². The van der Waals surface area contributed by atoms with Crippen LogP contribution in [0.3, 0.4) is 0 Å². The van der Waals surface area contributed by atoms with Gasteiger partial charge in [0.2, 0.25) is 0 Å². The van der Waals surface area contributed by atoms with Gasteiger partial charge >= 0.3 is 0 Å². The lowest BCUT2D eigenvalue weighted by atomic mass is 9.90.